The van der Waals surface area contributed by atoms with Gasteiger partial charge in [-0.15, -0.1) is 0 Å². The third-order valence-corrected chi connectivity index (χ3v) is 2.83. The van der Waals surface area contributed by atoms with Crippen LogP contribution >= 0.6 is 0 Å². The van der Waals surface area contributed by atoms with E-state index in [1.807, 2.05) is 0 Å². The number of rotatable bonds is 6. The monoisotopic (exact) mass is 308 g/mol. The highest BCUT2D eigenvalue weighted by Gasteiger charge is 2.17. The highest BCUT2D eigenvalue weighted by atomic mass is 16.5. The van der Waals surface area contributed by atoms with Crippen molar-refractivity contribution in [3.8, 4) is 5.75 Å². The molecule has 0 saturated heterocycles. The minimum Gasteiger partial charge on any atom is -0.507 e. The van der Waals surface area contributed by atoms with Gasteiger partial charge in [0, 0.05) is 6.54 Å². The number of aromatic hydroxyl groups is 1. The Bertz CT molecular complexity index is 571. The van der Waals surface area contributed by atoms with Crippen molar-refractivity contribution in [3.05, 3.63) is 29.3 Å². The number of phenolic OH excluding ortho intramolecular Hbond substituents is 1. The molecule has 1 rings (SSSR count). The lowest BCUT2D eigenvalue weighted by Gasteiger charge is -2.13. The molecular formula is C15H20N2O5. The predicted molar refractivity (Wildman–Crippen MR) is 79.4 cm³/mol. The topological polar surface area (TPSA) is 105 Å². The van der Waals surface area contributed by atoms with Gasteiger partial charge in [0.15, 0.2) is 6.61 Å². The highest BCUT2D eigenvalue weighted by molar-refractivity contribution is 5.94. The summed E-state index contributed by atoms with van der Waals surface area (Å²) in [6.45, 7) is 4.98. The second-order valence-electron chi connectivity index (χ2n) is 4.78. The molecule has 0 bridgehead atoms. The Morgan fingerprint density at radius 1 is 1.32 bits per heavy atom. The number of carbonyl (C=O) groups excluding carboxylic acids is 3. The smallest absolute Gasteiger partial charge is 0.342 e. The molecule has 3 N–H and O–H groups in total. The number of hydrogen-bond donors (Lipinski definition) is 3. The molecule has 7 heteroatoms. The molecule has 0 aromatic heterocycles. The zero-order chi connectivity index (χ0) is 16.7. The van der Waals surface area contributed by atoms with Crippen molar-refractivity contribution in [1.29, 1.82) is 0 Å². The standard InChI is InChI=1S/C15H20N2O5/c1-4-16-14(20)10(3)17-13(19)8-22-15(21)11-7-9(2)5-6-12(11)18/h5-7,10,18H,4,8H2,1-3H3,(H,16,20)(H,17,19)/t10-/m0/s1. The van der Waals surface area contributed by atoms with Crippen LogP contribution in [0.1, 0.15) is 29.8 Å². The van der Waals surface area contributed by atoms with Gasteiger partial charge in [-0.1, -0.05) is 11.6 Å². The van der Waals surface area contributed by atoms with Crippen molar-refractivity contribution in [2.75, 3.05) is 13.2 Å². The number of esters is 1. The maximum absolute atomic E-state index is 11.8. The van der Waals surface area contributed by atoms with E-state index in [0.717, 1.165) is 5.56 Å². The third-order valence-electron chi connectivity index (χ3n) is 2.83. The first-order valence-corrected chi connectivity index (χ1v) is 6.89. The molecule has 1 atom stereocenters. The van der Waals surface area contributed by atoms with E-state index in [1.165, 1.54) is 19.1 Å². The molecule has 0 saturated carbocycles. The summed E-state index contributed by atoms with van der Waals surface area (Å²) >= 11 is 0. The first kappa shape index (κ1) is 17.5. The van der Waals surface area contributed by atoms with Gasteiger partial charge in [-0.2, -0.15) is 0 Å². The summed E-state index contributed by atoms with van der Waals surface area (Å²) in [6, 6.07) is 3.77. The quantitative estimate of drug-likeness (QED) is 0.664. The van der Waals surface area contributed by atoms with E-state index < -0.39 is 24.5 Å². The summed E-state index contributed by atoms with van der Waals surface area (Å²) < 4.78 is 4.82. The van der Waals surface area contributed by atoms with Crippen molar-refractivity contribution in [2.24, 2.45) is 0 Å². The SMILES string of the molecule is CCNC(=O)[C@H](C)NC(=O)COC(=O)c1cc(C)ccc1O. The number of ether oxygens (including phenoxy) is 1. The number of nitrogens with one attached hydrogen (secondary N) is 2. The summed E-state index contributed by atoms with van der Waals surface area (Å²) in [5.41, 5.74) is 0.767. The molecule has 0 fully saturated rings. The van der Waals surface area contributed by atoms with Gasteiger partial charge in [-0.25, -0.2) is 4.79 Å². The fraction of sp³-hybridized carbons (Fsp3) is 0.400. The Hall–Kier alpha value is -2.57. The molecule has 22 heavy (non-hydrogen) atoms. The molecule has 0 unspecified atom stereocenters. The first-order chi connectivity index (χ1) is 10.3. The number of carbonyl (C=O) groups is 3. The lowest BCUT2D eigenvalue weighted by Crippen LogP contribution is -2.46. The molecule has 0 radical (unpaired) electrons. The van der Waals surface area contributed by atoms with Gasteiger partial charge >= 0.3 is 5.97 Å². The first-order valence-electron chi connectivity index (χ1n) is 6.89. The Morgan fingerprint density at radius 2 is 2.00 bits per heavy atom. The Morgan fingerprint density at radius 3 is 2.64 bits per heavy atom. The lowest BCUT2D eigenvalue weighted by molar-refractivity contribution is -0.130. The molecule has 0 aliphatic carbocycles. The molecule has 0 heterocycles. The largest absolute Gasteiger partial charge is 0.507 e. The van der Waals surface area contributed by atoms with Gasteiger partial charge in [0.05, 0.1) is 0 Å². The molecule has 0 aliphatic heterocycles. The lowest BCUT2D eigenvalue weighted by atomic mass is 10.1. The third kappa shape index (κ3) is 5.08. The fourth-order valence-electron chi connectivity index (χ4n) is 1.70. The minimum atomic E-state index is -0.804. The normalized spacial score (nSPS) is 11.4. The molecule has 0 spiro atoms. The van der Waals surface area contributed by atoms with Crippen molar-refractivity contribution in [2.45, 2.75) is 26.8 Å². The zero-order valence-electron chi connectivity index (χ0n) is 12.8. The van der Waals surface area contributed by atoms with Gasteiger partial charge < -0.3 is 20.5 Å². The van der Waals surface area contributed by atoms with E-state index in [2.05, 4.69) is 10.6 Å². The van der Waals surface area contributed by atoms with E-state index in [-0.39, 0.29) is 17.2 Å². The molecule has 120 valence electrons. The van der Waals surface area contributed by atoms with Crippen LogP contribution in [0.2, 0.25) is 0 Å². The van der Waals surface area contributed by atoms with Gasteiger partial charge in [0.1, 0.15) is 17.4 Å². The van der Waals surface area contributed by atoms with Crippen molar-refractivity contribution < 1.29 is 24.2 Å². The minimum absolute atomic E-state index is 0.00965. The van der Waals surface area contributed by atoms with Crippen LogP contribution in [0.4, 0.5) is 0 Å². The molecule has 1 aromatic carbocycles. The van der Waals surface area contributed by atoms with E-state index >= 15 is 0 Å². The Labute approximate surface area is 128 Å². The van der Waals surface area contributed by atoms with Crippen LogP contribution < -0.4 is 10.6 Å². The van der Waals surface area contributed by atoms with E-state index in [1.54, 1.807) is 19.9 Å². The van der Waals surface area contributed by atoms with Crippen LogP contribution in [0.3, 0.4) is 0 Å². The van der Waals surface area contributed by atoms with Crippen molar-refractivity contribution in [1.82, 2.24) is 10.6 Å². The van der Waals surface area contributed by atoms with Crippen LogP contribution in [-0.4, -0.2) is 42.1 Å². The fourth-order valence-corrected chi connectivity index (χ4v) is 1.70. The Balaban J connectivity index is 2.52. The zero-order valence-corrected chi connectivity index (χ0v) is 12.8. The van der Waals surface area contributed by atoms with Gasteiger partial charge in [-0.3, -0.25) is 9.59 Å². The van der Waals surface area contributed by atoms with Crippen LogP contribution in [0, 0.1) is 6.92 Å². The summed E-state index contributed by atoms with van der Waals surface area (Å²) in [5, 5.41) is 14.6. The number of benzene rings is 1. The number of aryl methyl sites for hydroxylation is 1. The van der Waals surface area contributed by atoms with Gasteiger partial charge in [-0.05, 0) is 32.9 Å². The molecule has 7 nitrogen and oxygen atoms in total. The average Bonchev–Trinajstić information content (AvgIpc) is 2.47. The maximum atomic E-state index is 11.8. The van der Waals surface area contributed by atoms with Gasteiger partial charge in [0.25, 0.3) is 5.91 Å². The highest BCUT2D eigenvalue weighted by Crippen LogP contribution is 2.18. The summed E-state index contributed by atoms with van der Waals surface area (Å²) in [5.74, 6) is -1.94. The predicted octanol–water partition coefficient (Wildman–Crippen LogP) is 0.498. The number of hydrogen-bond acceptors (Lipinski definition) is 5. The van der Waals surface area contributed by atoms with Gasteiger partial charge in [0.2, 0.25) is 5.91 Å². The second-order valence-corrected chi connectivity index (χ2v) is 4.78. The number of likely N-dealkylation sites (N-methyl/N-ethyl adjacent to an activating group) is 1. The van der Waals surface area contributed by atoms with Crippen LogP contribution in [0.25, 0.3) is 0 Å². The van der Waals surface area contributed by atoms with Crippen LogP contribution in [0.5, 0.6) is 5.75 Å². The molecule has 0 aliphatic rings. The van der Waals surface area contributed by atoms with E-state index in [4.69, 9.17) is 4.74 Å². The molecule has 1 aromatic rings. The van der Waals surface area contributed by atoms with Crippen LogP contribution in [0.15, 0.2) is 18.2 Å². The van der Waals surface area contributed by atoms with E-state index in [0.29, 0.717) is 6.54 Å². The van der Waals surface area contributed by atoms with Crippen molar-refractivity contribution >= 4 is 17.8 Å². The second kappa shape index (κ2) is 8.02. The Kier molecular flexibility index (Phi) is 6.37. The average molecular weight is 308 g/mol. The maximum Gasteiger partial charge on any atom is 0.342 e. The summed E-state index contributed by atoms with van der Waals surface area (Å²) in [4.78, 5) is 34.9. The van der Waals surface area contributed by atoms with Crippen LogP contribution in [-0.2, 0) is 14.3 Å². The number of amides is 2. The molecule has 2 amide bonds. The summed E-state index contributed by atoms with van der Waals surface area (Å²) in [7, 11) is 0. The van der Waals surface area contributed by atoms with Crippen molar-refractivity contribution in [3.63, 3.8) is 0 Å². The molecular weight excluding hydrogens is 288 g/mol. The van der Waals surface area contributed by atoms with E-state index in [9.17, 15) is 19.5 Å². The summed E-state index contributed by atoms with van der Waals surface area (Å²) in [6.07, 6.45) is 0. The number of phenols is 1.